The van der Waals surface area contributed by atoms with Crippen molar-refractivity contribution in [2.75, 3.05) is 0 Å². The van der Waals surface area contributed by atoms with Crippen LogP contribution in [0, 0.1) is 11.3 Å². The van der Waals surface area contributed by atoms with Gasteiger partial charge in [0.1, 0.15) is 16.7 Å². The lowest BCUT2D eigenvalue weighted by Gasteiger charge is -2.28. The van der Waals surface area contributed by atoms with Gasteiger partial charge in [0.05, 0.1) is 5.25 Å². The fourth-order valence-electron chi connectivity index (χ4n) is 2.47. The molecule has 25 heavy (non-hydrogen) atoms. The van der Waals surface area contributed by atoms with Gasteiger partial charge in [0.15, 0.2) is 9.84 Å². The van der Waals surface area contributed by atoms with E-state index < -0.39 is 15.1 Å². The number of phenolic OH excluding ortho intramolecular Hbond substituents is 1. The lowest BCUT2D eigenvalue weighted by atomic mass is 9.78. The lowest BCUT2D eigenvalue weighted by molar-refractivity contribution is 0.423. The maximum Gasteiger partial charge on any atom is 0.190 e. The van der Waals surface area contributed by atoms with Crippen LogP contribution in [0.15, 0.2) is 17.0 Å². The number of benzene rings is 1. The zero-order chi connectivity index (χ0) is 19.8. The molecule has 0 saturated heterocycles. The Labute approximate surface area is 152 Å². The molecule has 0 aliphatic heterocycles. The number of hydrogen-bond donors (Lipinski definition) is 1. The number of sulfone groups is 1. The summed E-state index contributed by atoms with van der Waals surface area (Å²) in [5.74, 6) is 0.224. The molecule has 1 aromatic carbocycles. The van der Waals surface area contributed by atoms with Crippen LogP contribution in [0.1, 0.15) is 72.1 Å². The maximum absolute atomic E-state index is 12.4. The topological polar surface area (TPSA) is 78.2 Å². The Kier molecular flexibility index (Phi) is 5.81. The lowest BCUT2D eigenvalue weighted by Crippen LogP contribution is -2.18. The SMILES string of the molecule is CC(C)S(=O)(=O)C(C#N)=Cc1cc(C(C)(C)C)c(O)c(C(C)(C)C)c1. The summed E-state index contributed by atoms with van der Waals surface area (Å²) in [6, 6.07) is 5.34. The van der Waals surface area contributed by atoms with Crippen molar-refractivity contribution >= 4 is 15.9 Å². The van der Waals surface area contributed by atoms with E-state index in [1.165, 1.54) is 6.08 Å². The Morgan fingerprint density at radius 1 is 1.08 bits per heavy atom. The van der Waals surface area contributed by atoms with Crippen LogP contribution in [-0.4, -0.2) is 18.8 Å². The van der Waals surface area contributed by atoms with Gasteiger partial charge < -0.3 is 5.11 Å². The van der Waals surface area contributed by atoms with Gasteiger partial charge in [-0.3, -0.25) is 0 Å². The molecule has 0 fully saturated rings. The van der Waals surface area contributed by atoms with Crippen molar-refractivity contribution in [2.24, 2.45) is 0 Å². The van der Waals surface area contributed by atoms with Gasteiger partial charge in [-0.25, -0.2) is 8.42 Å². The highest BCUT2D eigenvalue weighted by atomic mass is 32.2. The third-order valence-electron chi connectivity index (χ3n) is 4.08. The summed E-state index contributed by atoms with van der Waals surface area (Å²) in [7, 11) is -3.66. The minimum Gasteiger partial charge on any atom is -0.507 e. The van der Waals surface area contributed by atoms with Crippen LogP contribution in [-0.2, 0) is 20.7 Å². The summed E-state index contributed by atoms with van der Waals surface area (Å²) in [6.45, 7) is 15.0. The molecule has 0 aromatic heterocycles. The Balaban J connectivity index is 3.79. The van der Waals surface area contributed by atoms with E-state index in [-0.39, 0.29) is 21.5 Å². The summed E-state index contributed by atoms with van der Waals surface area (Å²) in [6.07, 6.45) is 1.40. The number of hydrogen-bond acceptors (Lipinski definition) is 4. The molecule has 0 radical (unpaired) electrons. The van der Waals surface area contributed by atoms with Gasteiger partial charge in [-0.05, 0) is 48.4 Å². The molecule has 0 aliphatic carbocycles. The van der Waals surface area contributed by atoms with Crippen molar-refractivity contribution in [3.63, 3.8) is 0 Å². The second-order valence-corrected chi connectivity index (χ2v) is 11.2. The number of aromatic hydroxyl groups is 1. The molecule has 138 valence electrons. The highest BCUT2D eigenvalue weighted by Gasteiger charge is 2.27. The van der Waals surface area contributed by atoms with Crippen molar-refractivity contribution in [2.45, 2.75) is 71.5 Å². The molecule has 0 aliphatic rings. The van der Waals surface area contributed by atoms with Gasteiger partial charge in [-0.2, -0.15) is 5.26 Å². The second-order valence-electron chi connectivity index (χ2n) is 8.68. The summed E-state index contributed by atoms with van der Waals surface area (Å²) >= 11 is 0. The Bertz CT molecular complexity index is 792. The molecule has 0 bridgehead atoms. The minimum atomic E-state index is -3.66. The van der Waals surface area contributed by atoms with Crippen molar-refractivity contribution in [3.8, 4) is 11.8 Å². The van der Waals surface area contributed by atoms with Crippen molar-refractivity contribution in [3.05, 3.63) is 33.7 Å². The largest absolute Gasteiger partial charge is 0.507 e. The van der Waals surface area contributed by atoms with Gasteiger partial charge in [-0.15, -0.1) is 0 Å². The molecule has 0 spiro atoms. The fraction of sp³-hybridized carbons (Fsp3) is 0.550. The van der Waals surface area contributed by atoms with Crippen LogP contribution in [0.25, 0.3) is 6.08 Å². The molecule has 0 unspecified atom stereocenters. The van der Waals surface area contributed by atoms with E-state index in [1.54, 1.807) is 26.0 Å². The Hall–Kier alpha value is -1.80. The van der Waals surface area contributed by atoms with Gasteiger partial charge in [0.25, 0.3) is 0 Å². The van der Waals surface area contributed by atoms with Gasteiger partial charge in [0, 0.05) is 11.1 Å². The number of nitriles is 1. The van der Waals surface area contributed by atoms with Gasteiger partial charge in [-0.1, -0.05) is 41.5 Å². The number of nitrogens with zero attached hydrogens (tertiary/aromatic N) is 1. The van der Waals surface area contributed by atoms with E-state index in [4.69, 9.17) is 0 Å². The van der Waals surface area contributed by atoms with Crippen molar-refractivity contribution in [1.82, 2.24) is 0 Å². The van der Waals surface area contributed by atoms with Crippen LogP contribution in [0.5, 0.6) is 5.75 Å². The molecule has 5 heteroatoms. The molecule has 0 heterocycles. The molecule has 1 aromatic rings. The predicted molar refractivity (Wildman–Crippen MR) is 103 cm³/mol. The Morgan fingerprint density at radius 2 is 1.48 bits per heavy atom. The smallest absolute Gasteiger partial charge is 0.190 e. The summed E-state index contributed by atoms with van der Waals surface area (Å²) in [5, 5.41) is 19.4. The zero-order valence-electron chi connectivity index (χ0n) is 16.4. The minimum absolute atomic E-state index is 0.224. The normalized spacial score (nSPS) is 13.8. The molecular weight excluding hydrogens is 334 g/mol. The first-order valence-electron chi connectivity index (χ1n) is 8.36. The van der Waals surface area contributed by atoms with Gasteiger partial charge in [0.2, 0.25) is 0 Å². The van der Waals surface area contributed by atoms with E-state index in [0.717, 1.165) is 11.1 Å². The van der Waals surface area contributed by atoms with E-state index in [2.05, 4.69) is 0 Å². The fourth-order valence-corrected chi connectivity index (χ4v) is 3.40. The Morgan fingerprint density at radius 3 is 1.76 bits per heavy atom. The molecule has 1 rings (SSSR count). The summed E-state index contributed by atoms with van der Waals surface area (Å²) in [5.41, 5.74) is 1.42. The number of rotatable bonds is 3. The first-order valence-corrected chi connectivity index (χ1v) is 9.90. The predicted octanol–water partition coefficient (Wildman–Crippen LogP) is 4.67. The standard InChI is InChI=1S/C20H29NO3S/c1-13(2)25(23,24)15(12-21)9-14-10-16(19(3,4)5)18(22)17(11-14)20(6,7)8/h9-11,13,22H,1-8H3. The number of allylic oxidation sites excluding steroid dienone is 1. The maximum atomic E-state index is 12.4. The highest BCUT2D eigenvalue weighted by molar-refractivity contribution is 7.96. The van der Waals surface area contributed by atoms with E-state index in [1.807, 2.05) is 47.6 Å². The molecule has 0 amide bonds. The van der Waals surface area contributed by atoms with Crippen LogP contribution in [0.3, 0.4) is 0 Å². The average molecular weight is 364 g/mol. The van der Waals surface area contributed by atoms with Crippen LogP contribution in [0.2, 0.25) is 0 Å². The summed E-state index contributed by atoms with van der Waals surface area (Å²) < 4.78 is 24.7. The highest BCUT2D eigenvalue weighted by Crippen LogP contribution is 2.40. The van der Waals surface area contributed by atoms with Crippen LogP contribution >= 0.6 is 0 Å². The van der Waals surface area contributed by atoms with Crippen LogP contribution < -0.4 is 0 Å². The second kappa shape index (κ2) is 6.84. The van der Waals surface area contributed by atoms with E-state index >= 15 is 0 Å². The molecule has 1 N–H and O–H groups in total. The van der Waals surface area contributed by atoms with Crippen LogP contribution in [0.4, 0.5) is 0 Å². The molecule has 0 atom stereocenters. The first kappa shape index (κ1) is 21.2. The number of phenols is 1. The molecular formula is C20H29NO3S. The summed E-state index contributed by atoms with van der Waals surface area (Å²) in [4.78, 5) is -0.257. The average Bonchev–Trinajstić information content (AvgIpc) is 2.42. The van der Waals surface area contributed by atoms with Gasteiger partial charge >= 0.3 is 0 Å². The zero-order valence-corrected chi connectivity index (χ0v) is 17.2. The third kappa shape index (κ3) is 4.64. The molecule has 0 saturated carbocycles. The van der Waals surface area contributed by atoms with E-state index in [9.17, 15) is 18.8 Å². The van der Waals surface area contributed by atoms with Crippen molar-refractivity contribution < 1.29 is 13.5 Å². The monoisotopic (exact) mass is 363 g/mol. The third-order valence-corrected chi connectivity index (χ3v) is 6.15. The van der Waals surface area contributed by atoms with Crippen molar-refractivity contribution in [1.29, 1.82) is 5.26 Å². The first-order chi connectivity index (χ1) is 11.1. The quantitative estimate of drug-likeness (QED) is 0.791. The molecule has 4 nitrogen and oxygen atoms in total. The van der Waals surface area contributed by atoms with E-state index in [0.29, 0.717) is 5.56 Å².